The summed E-state index contributed by atoms with van der Waals surface area (Å²) in [4.78, 5) is 28.4. The first-order valence-electron chi connectivity index (χ1n) is 11.7. The van der Waals surface area contributed by atoms with E-state index in [4.69, 9.17) is 4.98 Å². The van der Waals surface area contributed by atoms with Gasteiger partial charge in [0.15, 0.2) is 5.82 Å². The van der Waals surface area contributed by atoms with E-state index in [1.165, 1.54) is 18.5 Å². The minimum Gasteiger partial charge on any atom is -0.350 e. The lowest BCUT2D eigenvalue weighted by Gasteiger charge is -2.35. The first-order valence-corrected chi connectivity index (χ1v) is 11.7. The number of nitrogens with one attached hydrogen (secondary N) is 2. The van der Waals surface area contributed by atoms with Crippen molar-refractivity contribution in [1.82, 2.24) is 24.7 Å². The number of hydrogen-bond donors (Lipinski definition) is 2. The van der Waals surface area contributed by atoms with Crippen molar-refractivity contribution < 1.29 is 4.79 Å². The van der Waals surface area contributed by atoms with Gasteiger partial charge in [0, 0.05) is 43.2 Å². The zero-order valence-corrected chi connectivity index (χ0v) is 19.0. The van der Waals surface area contributed by atoms with Crippen LogP contribution in [-0.4, -0.2) is 43.7 Å². The number of nitrogens with zero attached hydrogens (tertiary/aromatic N) is 6. The zero-order valence-electron chi connectivity index (χ0n) is 19.0. The molecule has 1 atom stereocenters. The summed E-state index contributed by atoms with van der Waals surface area (Å²) in [5.41, 5.74) is 4.87. The largest absolute Gasteiger partial charge is 0.350 e. The van der Waals surface area contributed by atoms with Crippen LogP contribution in [0.4, 0.5) is 17.5 Å². The van der Waals surface area contributed by atoms with Crippen LogP contribution in [-0.2, 0) is 17.9 Å². The van der Waals surface area contributed by atoms with E-state index in [-0.39, 0.29) is 11.9 Å². The highest BCUT2D eigenvalue weighted by molar-refractivity contribution is 6.03. The molecule has 6 rings (SSSR count). The lowest BCUT2D eigenvalue weighted by Crippen LogP contribution is -2.48. The highest BCUT2D eigenvalue weighted by atomic mass is 16.2. The van der Waals surface area contributed by atoms with Crippen molar-refractivity contribution in [2.24, 2.45) is 5.92 Å². The number of aryl methyl sites for hydroxylation is 1. The number of amides is 1. The third-order valence-corrected chi connectivity index (χ3v) is 6.73. The van der Waals surface area contributed by atoms with Gasteiger partial charge in [0.25, 0.3) is 0 Å². The number of hydrogen-bond acceptors (Lipinski definition) is 7. The quantitative estimate of drug-likeness (QED) is 0.577. The van der Waals surface area contributed by atoms with Gasteiger partial charge in [-0.05, 0) is 50.2 Å². The Morgan fingerprint density at radius 3 is 2.70 bits per heavy atom. The van der Waals surface area contributed by atoms with Gasteiger partial charge >= 0.3 is 0 Å². The van der Waals surface area contributed by atoms with Crippen molar-refractivity contribution in [1.29, 1.82) is 0 Å². The molecule has 3 aliphatic rings. The van der Waals surface area contributed by atoms with Gasteiger partial charge in [0.2, 0.25) is 11.9 Å². The Morgan fingerprint density at radius 1 is 1.12 bits per heavy atom. The summed E-state index contributed by atoms with van der Waals surface area (Å²) in [6.07, 6.45) is 10.6. The number of pyridine rings is 1. The summed E-state index contributed by atoms with van der Waals surface area (Å²) in [6, 6.07) is 4.14. The second kappa shape index (κ2) is 7.83. The smallest absolute Gasteiger partial charge is 0.247 e. The molecule has 2 N–H and O–H groups in total. The van der Waals surface area contributed by atoms with E-state index in [2.05, 4.69) is 37.8 Å². The number of anilines is 3. The summed E-state index contributed by atoms with van der Waals surface area (Å²) in [6.45, 7) is 3.16. The van der Waals surface area contributed by atoms with Gasteiger partial charge in [-0.15, -0.1) is 0 Å². The molecule has 4 heterocycles. The maximum absolute atomic E-state index is 12.5. The van der Waals surface area contributed by atoms with E-state index in [0.717, 1.165) is 35.5 Å². The molecular weight excluding hydrogens is 416 g/mol. The summed E-state index contributed by atoms with van der Waals surface area (Å²) in [5.74, 6) is 2.47. The second-order valence-corrected chi connectivity index (χ2v) is 9.48. The Kier molecular flexibility index (Phi) is 4.78. The van der Waals surface area contributed by atoms with E-state index in [1.807, 2.05) is 42.1 Å². The Bertz CT molecular complexity index is 1200. The van der Waals surface area contributed by atoms with Crippen molar-refractivity contribution in [2.45, 2.75) is 57.7 Å². The molecule has 0 radical (unpaired) electrons. The minimum absolute atomic E-state index is 0.0460. The number of carbonyl (C=O) groups excluding carboxylic acids is 1. The van der Waals surface area contributed by atoms with Crippen LogP contribution >= 0.6 is 0 Å². The third kappa shape index (κ3) is 4.03. The molecular formula is C24H28N8O. The molecule has 9 nitrogen and oxygen atoms in total. The Balaban J connectivity index is 1.12. The molecule has 2 fully saturated rings. The van der Waals surface area contributed by atoms with Crippen LogP contribution in [0.15, 0.2) is 30.7 Å². The molecule has 2 aliphatic carbocycles. The fourth-order valence-electron chi connectivity index (χ4n) is 4.59. The fourth-order valence-corrected chi connectivity index (χ4v) is 4.59. The van der Waals surface area contributed by atoms with Crippen LogP contribution in [0.5, 0.6) is 0 Å². The zero-order chi connectivity index (χ0) is 22.5. The van der Waals surface area contributed by atoms with Crippen LogP contribution in [0, 0.1) is 12.8 Å². The molecule has 1 aliphatic heterocycles. The van der Waals surface area contributed by atoms with Crippen molar-refractivity contribution in [3.63, 3.8) is 0 Å². The molecule has 0 aromatic carbocycles. The number of aromatic nitrogens is 5. The molecule has 3 aromatic heterocycles. The van der Waals surface area contributed by atoms with Gasteiger partial charge in [-0.1, -0.05) is 6.07 Å². The number of likely N-dealkylation sites (N-methyl/N-ethyl adjacent to an activating group) is 1. The molecule has 2 saturated carbocycles. The van der Waals surface area contributed by atoms with Gasteiger partial charge in [-0.2, -0.15) is 10.1 Å². The van der Waals surface area contributed by atoms with Crippen LogP contribution in [0.3, 0.4) is 0 Å². The molecule has 1 amide bonds. The first kappa shape index (κ1) is 20.1. The average Bonchev–Trinajstić information content (AvgIpc) is 3.73. The lowest BCUT2D eigenvalue weighted by molar-refractivity contribution is -0.118. The van der Waals surface area contributed by atoms with Gasteiger partial charge in [0.05, 0.1) is 18.4 Å². The Hall–Kier alpha value is -3.49. The van der Waals surface area contributed by atoms with E-state index >= 15 is 0 Å². The highest BCUT2D eigenvalue weighted by Crippen LogP contribution is 2.42. The van der Waals surface area contributed by atoms with Gasteiger partial charge in [-0.25, -0.2) is 4.98 Å². The van der Waals surface area contributed by atoms with Gasteiger partial charge in [0.1, 0.15) is 11.7 Å². The van der Waals surface area contributed by atoms with Gasteiger partial charge in [-0.3, -0.25) is 14.5 Å². The topological polar surface area (TPSA) is 101 Å². The van der Waals surface area contributed by atoms with Crippen molar-refractivity contribution >= 4 is 23.4 Å². The number of carbonyl (C=O) groups is 1. The monoisotopic (exact) mass is 444 g/mol. The lowest BCUT2D eigenvalue weighted by atomic mass is 10.1. The molecule has 0 saturated heterocycles. The van der Waals surface area contributed by atoms with Crippen LogP contribution in [0.2, 0.25) is 0 Å². The molecule has 0 bridgehead atoms. The van der Waals surface area contributed by atoms with E-state index in [0.29, 0.717) is 36.6 Å². The summed E-state index contributed by atoms with van der Waals surface area (Å²) in [5, 5.41) is 10.8. The predicted octanol–water partition coefficient (Wildman–Crippen LogP) is 3.08. The van der Waals surface area contributed by atoms with E-state index < -0.39 is 0 Å². The van der Waals surface area contributed by atoms with Gasteiger partial charge < -0.3 is 15.5 Å². The summed E-state index contributed by atoms with van der Waals surface area (Å²) >= 11 is 0. The predicted molar refractivity (Wildman–Crippen MR) is 125 cm³/mol. The molecule has 170 valence electrons. The summed E-state index contributed by atoms with van der Waals surface area (Å²) in [7, 11) is 1.95. The molecule has 0 spiro atoms. The van der Waals surface area contributed by atoms with Crippen LogP contribution in [0.1, 0.15) is 54.1 Å². The normalized spacial score (nSPS) is 19.9. The van der Waals surface area contributed by atoms with Crippen molar-refractivity contribution in [3.8, 4) is 0 Å². The molecule has 3 aromatic rings. The van der Waals surface area contributed by atoms with E-state index in [1.54, 1.807) is 0 Å². The number of rotatable bonds is 7. The maximum Gasteiger partial charge on any atom is 0.247 e. The Labute approximate surface area is 192 Å². The number of fused-ring (bicyclic) bond motifs is 1. The van der Waals surface area contributed by atoms with Crippen molar-refractivity contribution in [3.05, 3.63) is 53.2 Å². The molecule has 33 heavy (non-hydrogen) atoms. The fraction of sp³-hybridized carbons (Fsp3) is 0.458. The Morgan fingerprint density at radius 2 is 1.97 bits per heavy atom. The molecule has 1 unspecified atom stereocenters. The summed E-state index contributed by atoms with van der Waals surface area (Å²) < 4.78 is 1.92. The maximum atomic E-state index is 12.5. The highest BCUT2D eigenvalue weighted by Gasteiger charge is 2.43. The standard InChI is InChI=1S/C24H28N8O/c1-14-20-22(31(2)21(18-6-7-18)23(33)29-20)30-24(28-14)26-10-16-11-27-32(13-16)12-15-3-8-19(25-9-15)17-4-5-17/h3,8-9,11,13,17-18,21H,4-7,10,12H2,1-2H3,(H,29,33)(H,26,28,30). The third-order valence-electron chi connectivity index (χ3n) is 6.73. The second-order valence-electron chi connectivity index (χ2n) is 9.48. The van der Waals surface area contributed by atoms with E-state index in [9.17, 15) is 4.79 Å². The van der Waals surface area contributed by atoms with Crippen LogP contribution in [0.25, 0.3) is 0 Å². The minimum atomic E-state index is -0.147. The molecule has 9 heteroatoms. The van der Waals surface area contributed by atoms with Crippen molar-refractivity contribution in [2.75, 3.05) is 22.6 Å². The SMILES string of the molecule is Cc1nc(NCc2cnn(Cc3ccc(C4CC4)nc3)c2)nc2c1NC(=O)C(C1CC1)N2C. The van der Waals surface area contributed by atoms with Crippen LogP contribution < -0.4 is 15.5 Å². The first-order chi connectivity index (χ1) is 16.0. The average molecular weight is 445 g/mol.